The van der Waals surface area contributed by atoms with Gasteiger partial charge in [0, 0.05) is 30.4 Å². The number of anilines is 2. The number of hydrogen-bond donors (Lipinski definition) is 1. The molecule has 0 aromatic heterocycles. The molecule has 1 aliphatic heterocycles. The zero-order valence-electron chi connectivity index (χ0n) is 10.3. The summed E-state index contributed by atoms with van der Waals surface area (Å²) in [5.41, 5.74) is 6.79. The van der Waals surface area contributed by atoms with Crippen LogP contribution < -0.4 is 10.6 Å². The molecule has 1 atom stereocenters. The molecule has 0 spiro atoms. The van der Waals surface area contributed by atoms with Crippen molar-refractivity contribution in [3.05, 3.63) is 21.5 Å². The molecular weight excluding hydrogens is 402 g/mol. The van der Waals surface area contributed by atoms with Crippen LogP contribution in [0.5, 0.6) is 0 Å². The molecule has 1 heterocycles. The van der Waals surface area contributed by atoms with Crippen molar-refractivity contribution in [2.45, 2.75) is 5.37 Å². The standard InChI is InChI=1S/C11H14FIN2O2S2/c1-19(16,17)11-6-18-3-2-15(11)10-4-7(12)8(13)5-9(10)14/h4-5,11H,2-3,6,14H2,1H3. The van der Waals surface area contributed by atoms with Gasteiger partial charge in [-0.3, -0.25) is 0 Å². The third-order valence-corrected chi connectivity index (χ3v) is 6.43. The van der Waals surface area contributed by atoms with Crippen LogP contribution >= 0.6 is 34.4 Å². The first-order valence-corrected chi connectivity index (χ1v) is 9.77. The summed E-state index contributed by atoms with van der Waals surface area (Å²) in [6.07, 6.45) is 1.20. The first kappa shape index (κ1) is 15.2. The van der Waals surface area contributed by atoms with Crippen molar-refractivity contribution < 1.29 is 12.8 Å². The van der Waals surface area contributed by atoms with Crippen molar-refractivity contribution >= 4 is 55.6 Å². The minimum atomic E-state index is -3.24. The summed E-state index contributed by atoms with van der Waals surface area (Å²) in [5, 5.41) is -0.645. The van der Waals surface area contributed by atoms with Crippen LogP contribution in [0.4, 0.5) is 15.8 Å². The third-order valence-electron chi connectivity index (χ3n) is 2.96. The van der Waals surface area contributed by atoms with Gasteiger partial charge in [-0.15, -0.1) is 0 Å². The van der Waals surface area contributed by atoms with E-state index in [4.69, 9.17) is 5.73 Å². The Morgan fingerprint density at radius 1 is 1.53 bits per heavy atom. The molecule has 8 heteroatoms. The van der Waals surface area contributed by atoms with Crippen LogP contribution in [0, 0.1) is 9.39 Å². The summed E-state index contributed by atoms with van der Waals surface area (Å²) in [6.45, 7) is 0.548. The van der Waals surface area contributed by atoms with Gasteiger partial charge >= 0.3 is 0 Å². The maximum Gasteiger partial charge on any atom is 0.169 e. The smallest absolute Gasteiger partial charge is 0.169 e. The third kappa shape index (κ3) is 3.27. The van der Waals surface area contributed by atoms with Gasteiger partial charge in [-0.05, 0) is 28.7 Å². The molecule has 1 fully saturated rings. The Balaban J connectivity index is 2.46. The van der Waals surface area contributed by atoms with Crippen LogP contribution in [0.25, 0.3) is 0 Å². The molecule has 0 saturated carbocycles. The quantitative estimate of drug-likeness (QED) is 0.590. The van der Waals surface area contributed by atoms with E-state index >= 15 is 0 Å². The molecular formula is C11H14FIN2O2S2. The lowest BCUT2D eigenvalue weighted by atomic mass is 10.2. The van der Waals surface area contributed by atoms with E-state index < -0.39 is 15.2 Å². The van der Waals surface area contributed by atoms with Crippen molar-refractivity contribution in [3.8, 4) is 0 Å². The fourth-order valence-electron chi connectivity index (χ4n) is 2.01. The van der Waals surface area contributed by atoms with E-state index in [1.165, 1.54) is 18.4 Å². The highest BCUT2D eigenvalue weighted by atomic mass is 127. The molecule has 1 saturated heterocycles. The molecule has 106 valence electrons. The Hall–Kier alpha value is -0.220. The van der Waals surface area contributed by atoms with Gasteiger partial charge in [-0.1, -0.05) is 0 Å². The number of benzene rings is 1. The van der Waals surface area contributed by atoms with E-state index in [0.29, 0.717) is 27.2 Å². The molecule has 2 rings (SSSR count). The van der Waals surface area contributed by atoms with Crippen LogP contribution in [-0.2, 0) is 9.84 Å². The summed E-state index contributed by atoms with van der Waals surface area (Å²) in [5.74, 6) is 0.903. The number of rotatable bonds is 2. The SMILES string of the molecule is CS(=O)(=O)C1CSCCN1c1cc(F)c(I)cc1N. The lowest BCUT2D eigenvalue weighted by Gasteiger charge is -2.36. The van der Waals surface area contributed by atoms with Crippen LogP contribution in [-0.4, -0.2) is 38.1 Å². The first-order chi connectivity index (χ1) is 8.80. The van der Waals surface area contributed by atoms with Crippen molar-refractivity contribution in [3.63, 3.8) is 0 Å². The van der Waals surface area contributed by atoms with E-state index in [1.807, 2.05) is 22.6 Å². The van der Waals surface area contributed by atoms with Gasteiger partial charge in [0.15, 0.2) is 9.84 Å². The average Bonchev–Trinajstić information content (AvgIpc) is 2.33. The highest BCUT2D eigenvalue weighted by molar-refractivity contribution is 14.1. The summed E-state index contributed by atoms with van der Waals surface area (Å²) in [4.78, 5) is 1.69. The van der Waals surface area contributed by atoms with E-state index in [2.05, 4.69) is 0 Å². The van der Waals surface area contributed by atoms with Crippen LogP contribution in [0.2, 0.25) is 0 Å². The molecule has 1 unspecified atom stereocenters. The normalized spacial score (nSPS) is 20.6. The summed E-state index contributed by atoms with van der Waals surface area (Å²) in [6, 6.07) is 2.86. The highest BCUT2D eigenvalue weighted by Crippen LogP contribution is 2.33. The zero-order chi connectivity index (χ0) is 14.2. The van der Waals surface area contributed by atoms with Crippen molar-refractivity contribution in [2.75, 3.05) is 34.9 Å². The predicted molar refractivity (Wildman–Crippen MR) is 86.8 cm³/mol. The van der Waals surface area contributed by atoms with Crippen LogP contribution in [0.1, 0.15) is 0 Å². The second-order valence-electron chi connectivity index (χ2n) is 4.38. The molecule has 1 aliphatic rings. The van der Waals surface area contributed by atoms with Gasteiger partial charge in [0.2, 0.25) is 0 Å². The minimum absolute atomic E-state index is 0.379. The molecule has 19 heavy (non-hydrogen) atoms. The van der Waals surface area contributed by atoms with Crippen molar-refractivity contribution in [2.24, 2.45) is 0 Å². The first-order valence-electron chi connectivity index (χ1n) is 5.58. The summed E-state index contributed by atoms with van der Waals surface area (Å²) >= 11 is 3.45. The second kappa shape index (κ2) is 5.65. The Labute approximate surface area is 130 Å². The fourth-order valence-corrected chi connectivity index (χ4v) is 5.34. The lowest BCUT2D eigenvalue weighted by molar-refractivity contribution is 0.583. The number of nitrogens with two attached hydrogens (primary N) is 1. The molecule has 0 amide bonds. The maximum atomic E-state index is 13.7. The number of sulfone groups is 1. The molecule has 4 nitrogen and oxygen atoms in total. The lowest BCUT2D eigenvalue weighted by Crippen LogP contribution is -2.47. The van der Waals surface area contributed by atoms with E-state index in [1.54, 1.807) is 16.7 Å². The topological polar surface area (TPSA) is 63.4 Å². The number of halogens is 2. The highest BCUT2D eigenvalue weighted by Gasteiger charge is 2.32. The van der Waals surface area contributed by atoms with Gasteiger partial charge in [0.25, 0.3) is 0 Å². The maximum absolute atomic E-state index is 13.7. The number of nitrogen functional groups attached to an aromatic ring is 1. The molecule has 2 N–H and O–H groups in total. The average molecular weight is 416 g/mol. The zero-order valence-corrected chi connectivity index (χ0v) is 14.1. The molecule has 1 aromatic rings. The van der Waals surface area contributed by atoms with Crippen LogP contribution in [0.3, 0.4) is 0 Å². The van der Waals surface area contributed by atoms with Gasteiger partial charge < -0.3 is 10.6 Å². The summed E-state index contributed by atoms with van der Waals surface area (Å²) in [7, 11) is -3.24. The Morgan fingerprint density at radius 3 is 2.84 bits per heavy atom. The van der Waals surface area contributed by atoms with Crippen molar-refractivity contribution in [1.82, 2.24) is 0 Å². The number of thioether (sulfide) groups is 1. The minimum Gasteiger partial charge on any atom is -0.397 e. The Bertz CT molecular complexity index is 595. The molecule has 0 radical (unpaired) electrons. The van der Waals surface area contributed by atoms with E-state index in [9.17, 15) is 12.8 Å². The Kier molecular flexibility index (Phi) is 4.51. The van der Waals surface area contributed by atoms with E-state index in [-0.39, 0.29) is 5.82 Å². The molecule has 1 aromatic carbocycles. The van der Waals surface area contributed by atoms with Gasteiger partial charge in [0.05, 0.1) is 14.9 Å². The molecule has 0 aliphatic carbocycles. The summed E-state index contributed by atoms with van der Waals surface area (Å²) < 4.78 is 37.8. The largest absolute Gasteiger partial charge is 0.397 e. The Morgan fingerprint density at radius 2 is 2.21 bits per heavy atom. The van der Waals surface area contributed by atoms with Gasteiger partial charge in [-0.25, -0.2) is 12.8 Å². The second-order valence-corrected chi connectivity index (χ2v) is 8.89. The monoisotopic (exact) mass is 416 g/mol. The van der Waals surface area contributed by atoms with Crippen LogP contribution in [0.15, 0.2) is 12.1 Å². The fraction of sp³-hybridized carbons (Fsp3) is 0.455. The van der Waals surface area contributed by atoms with E-state index in [0.717, 1.165) is 5.75 Å². The molecule has 0 bridgehead atoms. The predicted octanol–water partition coefficient (Wildman–Crippen LogP) is 1.94. The van der Waals surface area contributed by atoms with Gasteiger partial charge in [-0.2, -0.15) is 11.8 Å². The number of nitrogens with zero attached hydrogens (tertiary/aromatic N) is 1. The van der Waals surface area contributed by atoms with Crippen molar-refractivity contribution in [1.29, 1.82) is 0 Å². The number of hydrogen-bond acceptors (Lipinski definition) is 5. The van der Waals surface area contributed by atoms with Gasteiger partial charge in [0.1, 0.15) is 11.2 Å².